The highest BCUT2D eigenvalue weighted by Crippen LogP contribution is 2.35. The Balaban J connectivity index is 1.81. The molecule has 0 bridgehead atoms. The highest BCUT2D eigenvalue weighted by Gasteiger charge is 2.18. The number of halogens is 1. The molecule has 1 aromatic carbocycles. The van der Waals surface area contributed by atoms with Crippen LogP contribution in [0.4, 0.5) is 5.95 Å². The molecule has 29 heavy (non-hydrogen) atoms. The first-order chi connectivity index (χ1) is 13.9. The van der Waals surface area contributed by atoms with Gasteiger partial charge in [0.25, 0.3) is 5.91 Å². The summed E-state index contributed by atoms with van der Waals surface area (Å²) in [5.41, 5.74) is 1.41. The van der Waals surface area contributed by atoms with E-state index < -0.39 is 5.91 Å². The number of aromatic nitrogens is 2. The van der Waals surface area contributed by atoms with Gasteiger partial charge >= 0.3 is 0 Å². The highest BCUT2D eigenvalue weighted by atomic mass is 35.5. The predicted molar refractivity (Wildman–Crippen MR) is 107 cm³/mol. The third-order valence-corrected chi connectivity index (χ3v) is 4.30. The summed E-state index contributed by atoms with van der Waals surface area (Å²) < 4.78 is 21.8. The summed E-state index contributed by atoms with van der Waals surface area (Å²) >= 11 is 5.89. The molecule has 9 heteroatoms. The fourth-order valence-corrected chi connectivity index (χ4v) is 3.01. The van der Waals surface area contributed by atoms with Crippen molar-refractivity contribution in [3.05, 3.63) is 58.3 Å². The van der Waals surface area contributed by atoms with Crippen molar-refractivity contribution in [2.75, 3.05) is 26.6 Å². The lowest BCUT2D eigenvalue weighted by atomic mass is 10.1. The van der Waals surface area contributed by atoms with Crippen molar-refractivity contribution < 1.29 is 23.4 Å². The number of carbonyl (C=O) groups excluding carboxylic acids is 1. The number of nitrogens with one attached hydrogen (secondary N) is 1. The van der Waals surface area contributed by atoms with Crippen LogP contribution in [0.3, 0.4) is 0 Å². The van der Waals surface area contributed by atoms with E-state index in [-0.39, 0.29) is 16.9 Å². The average Bonchev–Trinajstić information content (AvgIpc) is 3.16. The van der Waals surface area contributed by atoms with Crippen molar-refractivity contribution in [2.45, 2.75) is 13.3 Å². The molecule has 3 rings (SSSR count). The molecule has 3 aromatic rings. The number of carbonyl (C=O) groups is 1. The topological polar surface area (TPSA) is 95.7 Å². The second kappa shape index (κ2) is 8.83. The molecular formula is C20H20ClN3O5. The van der Waals surface area contributed by atoms with E-state index in [4.69, 9.17) is 30.2 Å². The van der Waals surface area contributed by atoms with Crippen molar-refractivity contribution in [3.8, 4) is 17.2 Å². The van der Waals surface area contributed by atoms with Crippen molar-refractivity contribution >= 4 is 23.5 Å². The molecule has 2 heterocycles. The Morgan fingerprint density at radius 3 is 2.34 bits per heavy atom. The van der Waals surface area contributed by atoms with Gasteiger partial charge in [0.2, 0.25) is 5.95 Å². The monoisotopic (exact) mass is 417 g/mol. The van der Waals surface area contributed by atoms with Gasteiger partial charge < -0.3 is 18.6 Å². The van der Waals surface area contributed by atoms with Gasteiger partial charge in [-0.3, -0.25) is 10.1 Å². The van der Waals surface area contributed by atoms with Crippen LogP contribution in [0.25, 0.3) is 0 Å². The molecule has 0 fully saturated rings. The summed E-state index contributed by atoms with van der Waals surface area (Å²) in [6.45, 7) is 1.75. The molecule has 0 radical (unpaired) electrons. The van der Waals surface area contributed by atoms with Crippen LogP contribution < -0.4 is 19.5 Å². The second-order valence-corrected chi connectivity index (χ2v) is 6.45. The summed E-state index contributed by atoms with van der Waals surface area (Å²) in [6.07, 6.45) is 0.358. The van der Waals surface area contributed by atoms with Gasteiger partial charge in [0, 0.05) is 29.8 Å². The number of amides is 1. The predicted octanol–water partition coefficient (Wildman–Crippen LogP) is 3.90. The molecule has 0 aliphatic rings. The van der Waals surface area contributed by atoms with Gasteiger partial charge in [0.05, 0.1) is 21.3 Å². The minimum absolute atomic E-state index is 0.108. The molecule has 0 aliphatic carbocycles. The van der Waals surface area contributed by atoms with Crippen molar-refractivity contribution in [1.29, 1.82) is 0 Å². The molecule has 0 unspecified atom stereocenters. The summed E-state index contributed by atoms with van der Waals surface area (Å²) in [6, 6.07) is 8.39. The van der Waals surface area contributed by atoms with E-state index in [1.807, 2.05) is 0 Å². The van der Waals surface area contributed by atoms with Gasteiger partial charge in [-0.15, -0.1) is 0 Å². The van der Waals surface area contributed by atoms with Crippen molar-refractivity contribution in [2.24, 2.45) is 0 Å². The molecule has 0 saturated carbocycles. The van der Waals surface area contributed by atoms with Crippen molar-refractivity contribution in [3.63, 3.8) is 0 Å². The molecular weight excluding hydrogens is 398 g/mol. The van der Waals surface area contributed by atoms with Gasteiger partial charge in [-0.1, -0.05) is 11.6 Å². The fourth-order valence-electron chi connectivity index (χ4n) is 2.77. The van der Waals surface area contributed by atoms with Crippen LogP contribution >= 0.6 is 11.6 Å². The largest absolute Gasteiger partial charge is 0.496 e. The number of furan rings is 1. The highest BCUT2D eigenvalue weighted by molar-refractivity contribution is 6.29. The van der Waals surface area contributed by atoms with Crippen LogP contribution in [0.5, 0.6) is 17.2 Å². The van der Waals surface area contributed by atoms with E-state index in [1.165, 1.54) is 0 Å². The Morgan fingerprint density at radius 2 is 1.76 bits per heavy atom. The molecule has 0 atom stereocenters. The zero-order chi connectivity index (χ0) is 21.0. The maximum Gasteiger partial charge on any atom is 0.293 e. The number of benzene rings is 1. The number of anilines is 1. The molecule has 2 aromatic heterocycles. The van der Waals surface area contributed by atoms with Crippen LogP contribution in [0.2, 0.25) is 5.15 Å². The summed E-state index contributed by atoms with van der Waals surface area (Å²) in [4.78, 5) is 20.5. The Bertz CT molecular complexity index is 989. The average molecular weight is 418 g/mol. The lowest BCUT2D eigenvalue weighted by Crippen LogP contribution is -2.13. The maximum absolute atomic E-state index is 12.4. The van der Waals surface area contributed by atoms with Crippen LogP contribution in [0.15, 0.2) is 34.7 Å². The second-order valence-electron chi connectivity index (χ2n) is 6.06. The van der Waals surface area contributed by atoms with Gasteiger partial charge in [0.15, 0.2) is 5.76 Å². The molecule has 1 amide bonds. The van der Waals surface area contributed by atoms with Crippen LogP contribution in [0.1, 0.15) is 27.6 Å². The maximum atomic E-state index is 12.4. The number of nitrogens with zero attached hydrogens (tertiary/aromatic N) is 2. The quantitative estimate of drug-likeness (QED) is 0.582. The van der Waals surface area contributed by atoms with Gasteiger partial charge in [-0.05, 0) is 25.1 Å². The molecule has 152 valence electrons. The molecule has 0 saturated heterocycles. The van der Waals surface area contributed by atoms with Crippen LogP contribution in [-0.4, -0.2) is 37.2 Å². The molecule has 8 nitrogen and oxygen atoms in total. The van der Waals surface area contributed by atoms with Gasteiger partial charge in [-0.2, -0.15) is 0 Å². The first-order valence-corrected chi connectivity index (χ1v) is 9.01. The lowest BCUT2D eigenvalue weighted by molar-refractivity contribution is 0.0994. The first-order valence-electron chi connectivity index (χ1n) is 8.63. The molecule has 0 aliphatic heterocycles. The van der Waals surface area contributed by atoms with Crippen LogP contribution in [-0.2, 0) is 6.42 Å². The van der Waals surface area contributed by atoms with Gasteiger partial charge in [0.1, 0.15) is 28.2 Å². The van der Waals surface area contributed by atoms with E-state index in [9.17, 15) is 4.79 Å². The SMILES string of the molecule is COc1cc(OC)c(Cc2ccc(C(=O)Nc3nc(C)cc(Cl)n3)o2)c(OC)c1. The number of hydrogen-bond acceptors (Lipinski definition) is 7. The molecule has 0 spiro atoms. The smallest absolute Gasteiger partial charge is 0.293 e. The van der Waals surface area contributed by atoms with Gasteiger partial charge in [-0.25, -0.2) is 9.97 Å². The normalized spacial score (nSPS) is 10.5. The minimum Gasteiger partial charge on any atom is -0.496 e. The zero-order valence-electron chi connectivity index (χ0n) is 16.4. The third kappa shape index (κ3) is 4.78. The van der Waals surface area contributed by atoms with Crippen molar-refractivity contribution in [1.82, 2.24) is 9.97 Å². The lowest BCUT2D eigenvalue weighted by Gasteiger charge is -2.14. The first kappa shape index (κ1) is 20.5. The van der Waals surface area contributed by atoms with E-state index in [0.717, 1.165) is 5.56 Å². The Kier molecular flexibility index (Phi) is 6.23. The van der Waals surface area contributed by atoms with E-state index in [2.05, 4.69) is 15.3 Å². The number of methoxy groups -OCH3 is 3. The number of rotatable bonds is 7. The number of aryl methyl sites for hydroxylation is 1. The number of ether oxygens (including phenoxy) is 3. The summed E-state index contributed by atoms with van der Waals surface area (Å²) in [5, 5.41) is 2.81. The molecule has 1 N–H and O–H groups in total. The third-order valence-electron chi connectivity index (χ3n) is 4.10. The Morgan fingerprint density at radius 1 is 1.07 bits per heavy atom. The zero-order valence-corrected chi connectivity index (χ0v) is 17.2. The summed E-state index contributed by atoms with van der Waals surface area (Å²) in [7, 11) is 4.69. The summed E-state index contributed by atoms with van der Waals surface area (Å²) in [5.74, 6) is 2.09. The van der Waals surface area contributed by atoms with E-state index >= 15 is 0 Å². The minimum atomic E-state index is -0.480. The standard InChI is InChI=1S/C20H20ClN3O5/c1-11-7-18(21)23-20(22-11)24-19(25)15-6-5-12(29-15)8-14-16(27-3)9-13(26-2)10-17(14)28-4/h5-7,9-10H,8H2,1-4H3,(H,22,23,24,25). The van der Waals surface area contributed by atoms with E-state index in [0.29, 0.717) is 35.1 Å². The fraction of sp³-hybridized carbons (Fsp3) is 0.250. The van der Waals surface area contributed by atoms with Crippen LogP contribution in [0, 0.1) is 6.92 Å². The van der Waals surface area contributed by atoms with E-state index in [1.54, 1.807) is 58.6 Å². The number of hydrogen-bond donors (Lipinski definition) is 1. The Hall–Kier alpha value is -3.26. The Labute approximate surface area is 172 Å².